The third-order valence-electron chi connectivity index (χ3n) is 3.95. The highest BCUT2D eigenvalue weighted by atomic mass is 16.2. The summed E-state index contributed by atoms with van der Waals surface area (Å²) in [6.45, 7) is 13.4. The van der Waals surface area contributed by atoms with Crippen LogP contribution in [0.15, 0.2) is 12.7 Å². The van der Waals surface area contributed by atoms with Crippen LogP contribution in [0.3, 0.4) is 0 Å². The molecular formula is C15H29N3O. The molecule has 0 bridgehead atoms. The summed E-state index contributed by atoms with van der Waals surface area (Å²) >= 11 is 0. The molecule has 0 saturated carbocycles. The zero-order valence-corrected chi connectivity index (χ0v) is 12.5. The number of piperazine rings is 1. The van der Waals surface area contributed by atoms with Gasteiger partial charge in [0.1, 0.15) is 0 Å². The summed E-state index contributed by atoms with van der Waals surface area (Å²) in [6.07, 6.45) is 4.48. The monoisotopic (exact) mass is 267 g/mol. The molecule has 1 rings (SSSR count). The Labute approximate surface area is 117 Å². The maximum absolute atomic E-state index is 12.2. The number of amides is 1. The maximum atomic E-state index is 12.2. The van der Waals surface area contributed by atoms with E-state index in [-0.39, 0.29) is 5.41 Å². The zero-order chi connectivity index (χ0) is 14.3. The van der Waals surface area contributed by atoms with Crippen LogP contribution in [-0.4, -0.2) is 55.0 Å². The van der Waals surface area contributed by atoms with E-state index < -0.39 is 0 Å². The van der Waals surface area contributed by atoms with E-state index in [0.29, 0.717) is 18.9 Å². The molecule has 19 heavy (non-hydrogen) atoms. The Morgan fingerprint density at radius 2 is 1.89 bits per heavy atom. The number of nitrogens with zero attached hydrogens (tertiary/aromatic N) is 2. The molecule has 4 heteroatoms. The van der Waals surface area contributed by atoms with Crippen LogP contribution >= 0.6 is 0 Å². The summed E-state index contributed by atoms with van der Waals surface area (Å²) in [5.74, 6) is 0.295. The molecule has 0 spiro atoms. The minimum Gasteiger partial charge on any atom is -0.340 e. The summed E-state index contributed by atoms with van der Waals surface area (Å²) in [5.41, 5.74) is 5.77. The van der Waals surface area contributed by atoms with Gasteiger partial charge in [-0.15, -0.1) is 6.58 Å². The van der Waals surface area contributed by atoms with E-state index in [1.165, 1.54) is 0 Å². The molecule has 110 valence electrons. The zero-order valence-electron chi connectivity index (χ0n) is 12.5. The van der Waals surface area contributed by atoms with Crippen molar-refractivity contribution in [1.82, 2.24) is 9.80 Å². The van der Waals surface area contributed by atoms with E-state index in [1.807, 2.05) is 11.0 Å². The van der Waals surface area contributed by atoms with Gasteiger partial charge in [0.05, 0.1) is 0 Å². The van der Waals surface area contributed by atoms with Gasteiger partial charge in [0.25, 0.3) is 0 Å². The first-order valence-electron chi connectivity index (χ1n) is 7.29. The third kappa shape index (κ3) is 5.74. The Kier molecular flexibility index (Phi) is 6.52. The first kappa shape index (κ1) is 16.2. The molecule has 0 radical (unpaired) electrons. The molecule has 1 fully saturated rings. The van der Waals surface area contributed by atoms with Crippen LogP contribution in [0, 0.1) is 5.41 Å². The topological polar surface area (TPSA) is 49.6 Å². The Bertz CT molecular complexity index is 294. The second-order valence-electron chi connectivity index (χ2n) is 6.17. The third-order valence-corrected chi connectivity index (χ3v) is 3.95. The van der Waals surface area contributed by atoms with Gasteiger partial charge in [-0.2, -0.15) is 0 Å². The van der Waals surface area contributed by atoms with Crippen molar-refractivity contribution in [2.24, 2.45) is 11.1 Å². The van der Waals surface area contributed by atoms with Crippen LogP contribution in [0.2, 0.25) is 0 Å². The van der Waals surface area contributed by atoms with Crippen LogP contribution in [0.25, 0.3) is 0 Å². The number of hydrogen-bond donors (Lipinski definition) is 1. The Balaban J connectivity index is 2.29. The summed E-state index contributed by atoms with van der Waals surface area (Å²) in [7, 11) is 0. The molecule has 1 amide bonds. The van der Waals surface area contributed by atoms with E-state index >= 15 is 0 Å². The van der Waals surface area contributed by atoms with Crippen LogP contribution in [0.1, 0.15) is 33.1 Å². The van der Waals surface area contributed by atoms with Gasteiger partial charge in [-0.05, 0) is 24.8 Å². The van der Waals surface area contributed by atoms with E-state index in [0.717, 1.165) is 45.6 Å². The highest BCUT2D eigenvalue weighted by Gasteiger charge is 2.23. The Morgan fingerprint density at radius 1 is 1.26 bits per heavy atom. The minimum absolute atomic E-state index is 0.176. The SMILES string of the molecule is C=CCN1CCN(C(=O)CCC(C)(C)CCN)CC1. The molecule has 4 nitrogen and oxygen atoms in total. The summed E-state index contributed by atoms with van der Waals surface area (Å²) in [6, 6.07) is 0. The number of nitrogens with two attached hydrogens (primary N) is 1. The lowest BCUT2D eigenvalue weighted by molar-refractivity contribution is -0.133. The molecule has 0 aromatic rings. The van der Waals surface area contributed by atoms with Crippen molar-refractivity contribution in [3.63, 3.8) is 0 Å². The van der Waals surface area contributed by atoms with Gasteiger partial charge in [0, 0.05) is 39.1 Å². The lowest BCUT2D eigenvalue weighted by atomic mass is 9.84. The van der Waals surface area contributed by atoms with Gasteiger partial charge in [-0.3, -0.25) is 9.69 Å². The van der Waals surface area contributed by atoms with Gasteiger partial charge in [-0.1, -0.05) is 19.9 Å². The first-order chi connectivity index (χ1) is 8.98. The van der Waals surface area contributed by atoms with Gasteiger partial charge >= 0.3 is 0 Å². The predicted molar refractivity (Wildman–Crippen MR) is 79.9 cm³/mol. The molecule has 1 aliphatic heterocycles. The quantitative estimate of drug-likeness (QED) is 0.711. The van der Waals surface area contributed by atoms with Crippen molar-refractivity contribution in [2.75, 3.05) is 39.3 Å². The van der Waals surface area contributed by atoms with Crippen LogP contribution < -0.4 is 5.73 Å². The molecule has 0 aromatic carbocycles. The van der Waals surface area contributed by atoms with E-state index in [4.69, 9.17) is 5.73 Å². The van der Waals surface area contributed by atoms with Gasteiger partial charge in [0.2, 0.25) is 5.91 Å². The fourth-order valence-electron chi connectivity index (χ4n) is 2.48. The molecule has 1 aliphatic rings. The molecule has 1 heterocycles. The van der Waals surface area contributed by atoms with Crippen molar-refractivity contribution < 1.29 is 4.79 Å². The highest BCUT2D eigenvalue weighted by molar-refractivity contribution is 5.76. The normalized spacial score (nSPS) is 17.5. The van der Waals surface area contributed by atoms with Crippen molar-refractivity contribution in [1.29, 1.82) is 0 Å². The number of hydrogen-bond acceptors (Lipinski definition) is 3. The Morgan fingerprint density at radius 3 is 2.42 bits per heavy atom. The van der Waals surface area contributed by atoms with Crippen LogP contribution in [0.4, 0.5) is 0 Å². The number of carbonyl (C=O) groups is 1. The summed E-state index contributed by atoms with van der Waals surface area (Å²) < 4.78 is 0. The van der Waals surface area contributed by atoms with Crippen LogP contribution in [-0.2, 0) is 4.79 Å². The molecule has 0 aromatic heterocycles. The highest BCUT2D eigenvalue weighted by Crippen LogP contribution is 2.26. The molecule has 0 atom stereocenters. The lowest BCUT2D eigenvalue weighted by Gasteiger charge is -2.35. The predicted octanol–water partition coefficient (Wildman–Crippen LogP) is 1.47. The fourth-order valence-corrected chi connectivity index (χ4v) is 2.48. The Hall–Kier alpha value is -0.870. The fraction of sp³-hybridized carbons (Fsp3) is 0.800. The second-order valence-corrected chi connectivity index (χ2v) is 6.17. The molecule has 0 unspecified atom stereocenters. The largest absolute Gasteiger partial charge is 0.340 e. The first-order valence-corrected chi connectivity index (χ1v) is 7.29. The smallest absolute Gasteiger partial charge is 0.222 e. The molecule has 1 saturated heterocycles. The average molecular weight is 267 g/mol. The maximum Gasteiger partial charge on any atom is 0.222 e. The number of carbonyl (C=O) groups excluding carboxylic acids is 1. The summed E-state index contributed by atoms with van der Waals surface area (Å²) in [4.78, 5) is 16.5. The van der Waals surface area contributed by atoms with Crippen molar-refractivity contribution in [2.45, 2.75) is 33.1 Å². The lowest BCUT2D eigenvalue weighted by Crippen LogP contribution is -2.48. The summed E-state index contributed by atoms with van der Waals surface area (Å²) in [5, 5.41) is 0. The van der Waals surface area contributed by atoms with Crippen LogP contribution in [0.5, 0.6) is 0 Å². The molecular weight excluding hydrogens is 238 g/mol. The number of rotatable bonds is 7. The van der Waals surface area contributed by atoms with Gasteiger partial charge in [-0.25, -0.2) is 0 Å². The van der Waals surface area contributed by atoms with Crippen molar-refractivity contribution in [3.05, 3.63) is 12.7 Å². The van der Waals surface area contributed by atoms with Gasteiger partial charge < -0.3 is 10.6 Å². The van der Waals surface area contributed by atoms with Crippen molar-refractivity contribution in [3.8, 4) is 0 Å². The minimum atomic E-state index is 0.176. The van der Waals surface area contributed by atoms with E-state index in [9.17, 15) is 4.79 Å². The standard InChI is InChI=1S/C15H29N3O/c1-4-9-17-10-12-18(13-11-17)14(19)5-6-15(2,3)7-8-16/h4H,1,5-13,16H2,2-3H3. The van der Waals surface area contributed by atoms with Gasteiger partial charge in [0.15, 0.2) is 0 Å². The second kappa shape index (κ2) is 7.65. The molecule has 2 N–H and O–H groups in total. The van der Waals surface area contributed by atoms with E-state index in [1.54, 1.807) is 0 Å². The average Bonchev–Trinajstić information content (AvgIpc) is 2.37. The van der Waals surface area contributed by atoms with Crippen molar-refractivity contribution >= 4 is 5.91 Å². The van der Waals surface area contributed by atoms with E-state index in [2.05, 4.69) is 25.3 Å². The molecule has 0 aliphatic carbocycles.